The maximum absolute atomic E-state index is 12.4. The van der Waals surface area contributed by atoms with Gasteiger partial charge in [-0.2, -0.15) is 0 Å². The summed E-state index contributed by atoms with van der Waals surface area (Å²) < 4.78 is 32.8. The smallest absolute Gasteiger partial charge is 0.340 e. The number of anilines is 1. The molecule has 0 heterocycles. The maximum Gasteiger partial charge on any atom is 0.340 e. The van der Waals surface area contributed by atoms with E-state index in [1.54, 1.807) is 31.2 Å². The highest BCUT2D eigenvalue weighted by atomic mass is 79.9. The lowest BCUT2D eigenvalue weighted by molar-refractivity contribution is 0.0527. The molecule has 2 aromatic rings. The summed E-state index contributed by atoms with van der Waals surface area (Å²) in [6.45, 7) is 1.90. The molecule has 0 atom stereocenters. The summed E-state index contributed by atoms with van der Waals surface area (Å²) in [4.78, 5) is 12.0. The SMILES string of the molecule is CCOC(=O)c1ccccc1NS(=O)(=O)c1cccc(Br)c1. The highest BCUT2D eigenvalue weighted by molar-refractivity contribution is 9.10. The van der Waals surface area contributed by atoms with Crippen molar-refractivity contribution in [3.63, 3.8) is 0 Å². The van der Waals surface area contributed by atoms with Crippen LogP contribution >= 0.6 is 15.9 Å². The van der Waals surface area contributed by atoms with Crippen LogP contribution in [0.4, 0.5) is 5.69 Å². The molecular formula is C15H14BrNO4S. The van der Waals surface area contributed by atoms with Gasteiger partial charge in [0.2, 0.25) is 0 Å². The first-order chi connectivity index (χ1) is 10.4. The second-order valence-corrected chi connectivity index (χ2v) is 6.93. The summed E-state index contributed by atoms with van der Waals surface area (Å²) in [6.07, 6.45) is 0. The molecule has 7 heteroatoms. The van der Waals surface area contributed by atoms with Gasteiger partial charge in [0.25, 0.3) is 10.0 Å². The van der Waals surface area contributed by atoms with E-state index >= 15 is 0 Å². The molecule has 0 saturated heterocycles. The summed E-state index contributed by atoms with van der Waals surface area (Å²) in [7, 11) is -3.79. The quantitative estimate of drug-likeness (QED) is 0.802. The first-order valence-electron chi connectivity index (χ1n) is 6.48. The zero-order chi connectivity index (χ0) is 16.2. The Balaban J connectivity index is 2.36. The molecule has 0 aliphatic rings. The molecule has 0 bridgehead atoms. The Kier molecular flexibility index (Phi) is 5.20. The van der Waals surface area contributed by atoms with Gasteiger partial charge in [0.15, 0.2) is 0 Å². The Morgan fingerprint density at radius 2 is 1.91 bits per heavy atom. The van der Waals surface area contributed by atoms with Crippen molar-refractivity contribution < 1.29 is 17.9 Å². The zero-order valence-corrected chi connectivity index (χ0v) is 14.1. The third kappa shape index (κ3) is 3.86. The molecule has 22 heavy (non-hydrogen) atoms. The van der Waals surface area contributed by atoms with Crippen LogP contribution in [0.1, 0.15) is 17.3 Å². The molecule has 0 aliphatic heterocycles. The molecule has 5 nitrogen and oxygen atoms in total. The van der Waals surface area contributed by atoms with Crippen molar-refractivity contribution >= 4 is 37.6 Å². The summed E-state index contributed by atoms with van der Waals surface area (Å²) in [5, 5.41) is 0. The minimum Gasteiger partial charge on any atom is -0.462 e. The highest BCUT2D eigenvalue weighted by Crippen LogP contribution is 2.22. The number of hydrogen-bond acceptors (Lipinski definition) is 4. The van der Waals surface area contributed by atoms with Crippen LogP contribution in [-0.2, 0) is 14.8 Å². The van der Waals surface area contributed by atoms with Gasteiger partial charge in [0.05, 0.1) is 22.8 Å². The molecule has 0 aliphatic carbocycles. The van der Waals surface area contributed by atoms with Crippen molar-refractivity contribution in [1.29, 1.82) is 0 Å². The number of nitrogens with one attached hydrogen (secondary N) is 1. The third-order valence-corrected chi connectivity index (χ3v) is 4.63. The van der Waals surface area contributed by atoms with E-state index in [2.05, 4.69) is 20.7 Å². The normalized spacial score (nSPS) is 11.0. The number of halogens is 1. The predicted molar refractivity (Wildman–Crippen MR) is 87.3 cm³/mol. The number of ether oxygens (including phenoxy) is 1. The number of benzene rings is 2. The van der Waals surface area contributed by atoms with Crippen LogP contribution in [-0.4, -0.2) is 21.0 Å². The fourth-order valence-corrected chi connectivity index (χ4v) is 3.47. The van der Waals surface area contributed by atoms with Gasteiger partial charge in [-0.1, -0.05) is 34.1 Å². The van der Waals surface area contributed by atoms with Crippen molar-refractivity contribution in [2.45, 2.75) is 11.8 Å². The van der Waals surface area contributed by atoms with E-state index < -0.39 is 16.0 Å². The van der Waals surface area contributed by atoms with Crippen LogP contribution in [0.25, 0.3) is 0 Å². The standard InChI is InChI=1S/C15H14BrNO4S/c1-2-21-15(18)13-8-3-4-9-14(13)17-22(19,20)12-7-5-6-11(16)10-12/h3-10,17H,2H2,1H3. The molecule has 2 aromatic carbocycles. The summed E-state index contributed by atoms with van der Waals surface area (Å²) in [5.74, 6) is -0.574. The average molecular weight is 384 g/mol. The number of esters is 1. The Morgan fingerprint density at radius 3 is 2.59 bits per heavy atom. The lowest BCUT2D eigenvalue weighted by atomic mass is 10.2. The molecule has 116 valence electrons. The van der Waals surface area contributed by atoms with Gasteiger partial charge >= 0.3 is 5.97 Å². The second kappa shape index (κ2) is 6.93. The number of sulfonamides is 1. The molecular weight excluding hydrogens is 370 g/mol. The van der Waals surface area contributed by atoms with Crippen molar-refractivity contribution in [3.05, 3.63) is 58.6 Å². The number of hydrogen-bond donors (Lipinski definition) is 1. The predicted octanol–water partition coefficient (Wildman–Crippen LogP) is 3.43. The minimum atomic E-state index is -3.79. The molecule has 0 aromatic heterocycles. The number of carbonyl (C=O) groups is 1. The Bertz CT molecular complexity index is 790. The first kappa shape index (κ1) is 16.5. The van der Waals surface area contributed by atoms with E-state index in [0.717, 1.165) is 0 Å². The number of para-hydroxylation sites is 1. The van der Waals surface area contributed by atoms with Gasteiger partial charge in [-0.15, -0.1) is 0 Å². The Hall–Kier alpha value is -1.86. The Morgan fingerprint density at radius 1 is 1.18 bits per heavy atom. The lowest BCUT2D eigenvalue weighted by Gasteiger charge is -2.12. The average Bonchev–Trinajstić information content (AvgIpc) is 2.47. The molecule has 0 spiro atoms. The number of carbonyl (C=O) groups excluding carboxylic acids is 1. The van der Waals surface area contributed by atoms with Crippen molar-refractivity contribution in [2.24, 2.45) is 0 Å². The fraction of sp³-hybridized carbons (Fsp3) is 0.133. The van der Waals surface area contributed by atoms with Gasteiger partial charge in [-0.25, -0.2) is 13.2 Å². The molecule has 0 fully saturated rings. The van der Waals surface area contributed by atoms with Crippen LogP contribution in [0.3, 0.4) is 0 Å². The van der Waals surface area contributed by atoms with E-state index in [1.807, 2.05) is 0 Å². The van der Waals surface area contributed by atoms with Crippen LogP contribution in [0, 0.1) is 0 Å². The molecule has 1 N–H and O–H groups in total. The highest BCUT2D eigenvalue weighted by Gasteiger charge is 2.19. The van der Waals surface area contributed by atoms with Crippen LogP contribution < -0.4 is 4.72 Å². The summed E-state index contributed by atoms with van der Waals surface area (Å²) in [5.41, 5.74) is 0.351. The van der Waals surface area contributed by atoms with Gasteiger partial charge < -0.3 is 4.74 Å². The third-order valence-electron chi connectivity index (χ3n) is 2.77. The molecule has 0 unspecified atom stereocenters. The molecule has 0 amide bonds. The maximum atomic E-state index is 12.4. The molecule has 2 rings (SSSR count). The van der Waals surface area contributed by atoms with Gasteiger partial charge in [0.1, 0.15) is 0 Å². The van der Waals surface area contributed by atoms with Crippen LogP contribution in [0.15, 0.2) is 57.9 Å². The van der Waals surface area contributed by atoms with E-state index in [-0.39, 0.29) is 22.8 Å². The fourth-order valence-electron chi connectivity index (χ4n) is 1.80. The van der Waals surface area contributed by atoms with Crippen molar-refractivity contribution in [3.8, 4) is 0 Å². The summed E-state index contributed by atoms with van der Waals surface area (Å²) >= 11 is 3.23. The van der Waals surface area contributed by atoms with Crippen molar-refractivity contribution in [2.75, 3.05) is 11.3 Å². The monoisotopic (exact) mass is 383 g/mol. The Labute approximate surface area is 137 Å². The topological polar surface area (TPSA) is 72.5 Å². The van der Waals surface area contributed by atoms with Crippen LogP contribution in [0.5, 0.6) is 0 Å². The van der Waals surface area contributed by atoms with Crippen LogP contribution in [0.2, 0.25) is 0 Å². The largest absolute Gasteiger partial charge is 0.462 e. The number of rotatable bonds is 5. The van der Waals surface area contributed by atoms with E-state index in [1.165, 1.54) is 24.3 Å². The second-order valence-electron chi connectivity index (χ2n) is 4.33. The minimum absolute atomic E-state index is 0.0977. The van der Waals surface area contributed by atoms with Gasteiger partial charge in [-0.3, -0.25) is 4.72 Å². The zero-order valence-electron chi connectivity index (χ0n) is 11.7. The van der Waals surface area contributed by atoms with Crippen molar-refractivity contribution in [1.82, 2.24) is 0 Å². The molecule has 0 saturated carbocycles. The lowest BCUT2D eigenvalue weighted by Crippen LogP contribution is -2.16. The first-order valence-corrected chi connectivity index (χ1v) is 8.76. The van der Waals surface area contributed by atoms with E-state index in [4.69, 9.17) is 4.74 Å². The van der Waals surface area contributed by atoms with Gasteiger partial charge in [0, 0.05) is 4.47 Å². The van der Waals surface area contributed by atoms with Gasteiger partial charge in [-0.05, 0) is 37.3 Å². The summed E-state index contributed by atoms with van der Waals surface area (Å²) in [6, 6.07) is 12.6. The molecule has 0 radical (unpaired) electrons. The van der Waals surface area contributed by atoms with E-state index in [9.17, 15) is 13.2 Å². The van der Waals surface area contributed by atoms with E-state index in [0.29, 0.717) is 4.47 Å².